The highest BCUT2D eigenvalue weighted by molar-refractivity contribution is 5.33. The van der Waals surface area contributed by atoms with Gasteiger partial charge in [-0.25, -0.2) is 0 Å². The van der Waals surface area contributed by atoms with Crippen molar-refractivity contribution in [1.29, 1.82) is 0 Å². The Labute approximate surface area is 104 Å². The number of benzene rings is 1. The summed E-state index contributed by atoms with van der Waals surface area (Å²) in [5.41, 5.74) is 2.92. The molecule has 0 amide bonds. The van der Waals surface area contributed by atoms with Crippen molar-refractivity contribution in [3.63, 3.8) is 0 Å². The molecule has 0 heterocycles. The molecule has 0 aliphatic heterocycles. The fraction of sp³-hybridized carbons (Fsp3) is 0.600. The van der Waals surface area contributed by atoms with Crippen molar-refractivity contribution in [2.45, 2.75) is 45.3 Å². The molecular weight excluding hydrogens is 210 g/mol. The molecular formula is C15H23NO. The van der Waals surface area contributed by atoms with Crippen LogP contribution in [-0.4, -0.2) is 23.8 Å². The Hall–Kier alpha value is -0.860. The lowest BCUT2D eigenvalue weighted by molar-refractivity contribution is 0.143. The van der Waals surface area contributed by atoms with Crippen LogP contribution in [0.3, 0.4) is 0 Å². The highest BCUT2D eigenvalue weighted by atomic mass is 16.3. The van der Waals surface area contributed by atoms with Crippen molar-refractivity contribution >= 4 is 0 Å². The van der Waals surface area contributed by atoms with Gasteiger partial charge in [0.1, 0.15) is 0 Å². The van der Waals surface area contributed by atoms with Crippen LogP contribution in [0.2, 0.25) is 0 Å². The van der Waals surface area contributed by atoms with Gasteiger partial charge < -0.3 is 10.4 Å². The third-order valence-electron chi connectivity index (χ3n) is 3.44. The van der Waals surface area contributed by atoms with E-state index >= 15 is 0 Å². The average molecular weight is 233 g/mol. The van der Waals surface area contributed by atoms with Crippen LogP contribution in [0.5, 0.6) is 0 Å². The molecule has 0 spiro atoms. The van der Waals surface area contributed by atoms with E-state index in [1.165, 1.54) is 11.1 Å². The summed E-state index contributed by atoms with van der Waals surface area (Å²) in [5.74, 6) is 0.563. The van der Waals surface area contributed by atoms with Gasteiger partial charge in [-0.3, -0.25) is 0 Å². The van der Waals surface area contributed by atoms with E-state index in [0.29, 0.717) is 12.0 Å². The molecule has 94 valence electrons. The van der Waals surface area contributed by atoms with Gasteiger partial charge in [0.2, 0.25) is 0 Å². The van der Waals surface area contributed by atoms with Crippen molar-refractivity contribution in [3.8, 4) is 0 Å². The number of fused-ring (bicyclic) bond motifs is 1. The summed E-state index contributed by atoms with van der Waals surface area (Å²) in [6.45, 7) is 5.01. The van der Waals surface area contributed by atoms with Gasteiger partial charge in [0.25, 0.3) is 0 Å². The van der Waals surface area contributed by atoms with Gasteiger partial charge >= 0.3 is 0 Å². The molecule has 1 atom stereocenters. The van der Waals surface area contributed by atoms with Crippen LogP contribution in [-0.2, 0) is 12.8 Å². The maximum atomic E-state index is 9.83. The van der Waals surface area contributed by atoms with E-state index in [9.17, 15) is 5.11 Å². The number of nitrogens with one attached hydrogen (secondary N) is 1. The summed E-state index contributed by atoms with van der Waals surface area (Å²) in [6.07, 6.45) is 2.88. The van der Waals surface area contributed by atoms with E-state index in [1.54, 1.807) is 0 Å². The van der Waals surface area contributed by atoms with E-state index in [0.717, 1.165) is 25.8 Å². The zero-order chi connectivity index (χ0) is 12.3. The van der Waals surface area contributed by atoms with Crippen molar-refractivity contribution in [1.82, 2.24) is 5.32 Å². The fourth-order valence-electron chi connectivity index (χ4n) is 2.63. The Kier molecular flexibility index (Phi) is 4.19. The molecule has 2 rings (SSSR count). The third kappa shape index (κ3) is 3.55. The largest absolute Gasteiger partial charge is 0.392 e. The minimum Gasteiger partial charge on any atom is -0.392 e. The molecule has 1 aliphatic carbocycles. The van der Waals surface area contributed by atoms with E-state index in [2.05, 4.69) is 43.4 Å². The Morgan fingerprint density at radius 2 is 1.82 bits per heavy atom. The zero-order valence-corrected chi connectivity index (χ0v) is 10.8. The van der Waals surface area contributed by atoms with Crippen molar-refractivity contribution < 1.29 is 5.11 Å². The minimum absolute atomic E-state index is 0.210. The van der Waals surface area contributed by atoms with Crippen LogP contribution >= 0.6 is 0 Å². The van der Waals surface area contributed by atoms with E-state index in [-0.39, 0.29) is 6.10 Å². The Bertz CT molecular complexity index is 337. The summed E-state index contributed by atoms with van der Waals surface area (Å²) >= 11 is 0. The summed E-state index contributed by atoms with van der Waals surface area (Å²) in [5, 5.41) is 13.3. The number of aliphatic hydroxyl groups excluding tert-OH is 1. The molecule has 17 heavy (non-hydrogen) atoms. The molecule has 2 N–H and O–H groups in total. The van der Waals surface area contributed by atoms with E-state index < -0.39 is 0 Å². The quantitative estimate of drug-likeness (QED) is 0.817. The molecule has 1 aromatic rings. The monoisotopic (exact) mass is 233 g/mol. The average Bonchev–Trinajstić information content (AvgIpc) is 2.68. The van der Waals surface area contributed by atoms with Gasteiger partial charge in [0, 0.05) is 12.6 Å². The lowest BCUT2D eigenvalue weighted by atomic mass is 10.1. The molecule has 0 saturated heterocycles. The van der Waals surface area contributed by atoms with Gasteiger partial charge in [0.15, 0.2) is 0 Å². The molecule has 1 unspecified atom stereocenters. The Balaban J connectivity index is 1.76. The van der Waals surface area contributed by atoms with E-state index in [1.807, 2.05) is 0 Å². The summed E-state index contributed by atoms with van der Waals surface area (Å²) in [6, 6.07) is 9.14. The van der Waals surface area contributed by atoms with Crippen LogP contribution in [0.15, 0.2) is 24.3 Å². The van der Waals surface area contributed by atoms with Crippen LogP contribution in [0, 0.1) is 5.92 Å². The first-order valence-corrected chi connectivity index (χ1v) is 6.63. The van der Waals surface area contributed by atoms with Crippen LogP contribution < -0.4 is 5.32 Å². The van der Waals surface area contributed by atoms with Crippen LogP contribution in [0.25, 0.3) is 0 Å². The van der Waals surface area contributed by atoms with Gasteiger partial charge in [-0.15, -0.1) is 0 Å². The highest BCUT2D eigenvalue weighted by Gasteiger charge is 2.21. The van der Waals surface area contributed by atoms with Crippen LogP contribution in [0.4, 0.5) is 0 Å². The molecule has 2 nitrogen and oxygen atoms in total. The highest BCUT2D eigenvalue weighted by Crippen LogP contribution is 2.21. The number of aliphatic hydroxyl groups is 1. The van der Waals surface area contributed by atoms with Crippen molar-refractivity contribution in [3.05, 3.63) is 35.4 Å². The maximum Gasteiger partial charge on any atom is 0.0667 e. The van der Waals surface area contributed by atoms with Gasteiger partial charge in [0.05, 0.1) is 6.10 Å². The Morgan fingerprint density at radius 1 is 1.24 bits per heavy atom. The second-order valence-corrected chi connectivity index (χ2v) is 5.57. The maximum absolute atomic E-state index is 9.83. The number of hydrogen-bond acceptors (Lipinski definition) is 2. The molecule has 1 aliphatic rings. The molecule has 0 fully saturated rings. The molecule has 2 heteroatoms. The zero-order valence-electron chi connectivity index (χ0n) is 10.8. The predicted octanol–water partition coefficient (Wildman–Crippen LogP) is 2.15. The van der Waals surface area contributed by atoms with Crippen LogP contribution in [0.1, 0.15) is 31.4 Å². The standard InChI is InChI=1S/C15H23NO/c1-11(2)7-15(17)10-16-14-8-12-5-3-4-6-13(12)9-14/h3-6,11,14-17H,7-10H2,1-2H3. The van der Waals surface area contributed by atoms with Gasteiger partial charge in [-0.1, -0.05) is 38.1 Å². The van der Waals surface area contributed by atoms with Gasteiger partial charge in [-0.2, -0.15) is 0 Å². The number of rotatable bonds is 5. The summed E-state index contributed by atoms with van der Waals surface area (Å²) in [7, 11) is 0. The molecule has 0 aromatic heterocycles. The molecule has 0 radical (unpaired) electrons. The predicted molar refractivity (Wildman–Crippen MR) is 71.1 cm³/mol. The fourth-order valence-corrected chi connectivity index (χ4v) is 2.63. The molecule has 1 aromatic carbocycles. The minimum atomic E-state index is -0.210. The van der Waals surface area contributed by atoms with E-state index in [4.69, 9.17) is 0 Å². The third-order valence-corrected chi connectivity index (χ3v) is 3.44. The summed E-state index contributed by atoms with van der Waals surface area (Å²) < 4.78 is 0. The topological polar surface area (TPSA) is 32.3 Å². The first-order chi connectivity index (χ1) is 8.15. The SMILES string of the molecule is CC(C)CC(O)CNC1Cc2ccccc2C1. The van der Waals surface area contributed by atoms with Crippen molar-refractivity contribution in [2.24, 2.45) is 5.92 Å². The lowest BCUT2D eigenvalue weighted by Crippen LogP contribution is -2.36. The normalized spacial score (nSPS) is 17.4. The first-order valence-electron chi connectivity index (χ1n) is 6.63. The second-order valence-electron chi connectivity index (χ2n) is 5.57. The van der Waals surface area contributed by atoms with Gasteiger partial charge in [-0.05, 0) is 36.3 Å². The van der Waals surface area contributed by atoms with Crippen molar-refractivity contribution in [2.75, 3.05) is 6.54 Å². The second kappa shape index (κ2) is 5.65. The Morgan fingerprint density at radius 3 is 2.35 bits per heavy atom. The molecule has 0 saturated carbocycles. The lowest BCUT2D eigenvalue weighted by Gasteiger charge is -2.17. The number of hydrogen-bond donors (Lipinski definition) is 2. The molecule has 0 bridgehead atoms. The first kappa shape index (κ1) is 12.6. The smallest absolute Gasteiger partial charge is 0.0667 e. The summed E-state index contributed by atoms with van der Waals surface area (Å²) in [4.78, 5) is 0.